The van der Waals surface area contributed by atoms with E-state index in [-0.39, 0.29) is 18.1 Å². The van der Waals surface area contributed by atoms with Crippen LogP contribution in [-0.2, 0) is 0 Å². The number of rotatable bonds is 4. The maximum Gasteiger partial charge on any atom is 0.263 e. The molecule has 0 saturated carbocycles. The van der Waals surface area contributed by atoms with Crippen molar-refractivity contribution < 1.29 is 9.59 Å². The van der Waals surface area contributed by atoms with Gasteiger partial charge in [0.15, 0.2) is 5.78 Å². The zero-order chi connectivity index (χ0) is 16.9. The van der Waals surface area contributed by atoms with Crippen LogP contribution < -0.4 is 0 Å². The van der Waals surface area contributed by atoms with E-state index in [0.29, 0.717) is 22.5 Å². The number of nitrogens with zero attached hydrogens (tertiary/aromatic N) is 2. The zero-order valence-corrected chi connectivity index (χ0v) is 13.1. The monoisotopic (exact) mass is 316 g/mol. The van der Waals surface area contributed by atoms with Gasteiger partial charge in [-0.15, -0.1) is 0 Å². The summed E-state index contributed by atoms with van der Waals surface area (Å²) in [4.78, 5) is 30.3. The van der Waals surface area contributed by atoms with Gasteiger partial charge in [-0.3, -0.25) is 14.5 Å². The Hall–Kier alpha value is -3.27. The van der Waals surface area contributed by atoms with Gasteiger partial charge in [-0.1, -0.05) is 55.1 Å². The smallest absolute Gasteiger partial charge is 0.263 e. The van der Waals surface area contributed by atoms with E-state index in [9.17, 15) is 9.59 Å². The third-order valence-corrected chi connectivity index (χ3v) is 3.66. The van der Waals surface area contributed by atoms with Crippen molar-refractivity contribution in [2.24, 2.45) is 4.99 Å². The Labute approximate surface area is 140 Å². The molecule has 1 heterocycles. The van der Waals surface area contributed by atoms with Crippen LogP contribution in [0.25, 0.3) is 0 Å². The molecule has 0 aliphatic carbocycles. The van der Waals surface area contributed by atoms with E-state index >= 15 is 0 Å². The molecule has 1 amide bonds. The predicted molar refractivity (Wildman–Crippen MR) is 93.7 cm³/mol. The second-order valence-corrected chi connectivity index (χ2v) is 5.38. The van der Waals surface area contributed by atoms with E-state index in [4.69, 9.17) is 0 Å². The lowest BCUT2D eigenvalue weighted by Gasteiger charge is -2.22. The first-order valence-corrected chi connectivity index (χ1v) is 7.55. The number of benzene rings is 2. The Morgan fingerprint density at radius 2 is 1.50 bits per heavy atom. The first-order valence-electron chi connectivity index (χ1n) is 7.55. The quantitative estimate of drug-likeness (QED) is 0.805. The topological polar surface area (TPSA) is 49.7 Å². The van der Waals surface area contributed by atoms with Gasteiger partial charge in [0, 0.05) is 16.8 Å². The lowest BCUT2D eigenvalue weighted by atomic mass is 10.1. The summed E-state index contributed by atoms with van der Waals surface area (Å²) in [5.41, 5.74) is 2.28. The molecule has 4 heteroatoms. The highest BCUT2D eigenvalue weighted by Crippen LogP contribution is 2.19. The molecular weight excluding hydrogens is 300 g/mol. The van der Waals surface area contributed by atoms with Gasteiger partial charge in [-0.25, -0.2) is 4.99 Å². The Kier molecular flexibility index (Phi) is 4.47. The van der Waals surface area contributed by atoms with Crippen molar-refractivity contribution in [1.82, 2.24) is 4.90 Å². The Morgan fingerprint density at radius 1 is 0.917 bits per heavy atom. The molecular formula is C20H16N2O2. The largest absolute Gasteiger partial charge is 0.294 e. The molecule has 0 N–H and O–H groups in total. The number of Topliss-reactive ketones (excluding diaryl/α,β-unsaturated/α-hetero) is 1. The van der Waals surface area contributed by atoms with Crippen LogP contribution in [0, 0.1) is 0 Å². The third kappa shape index (κ3) is 3.38. The van der Waals surface area contributed by atoms with Gasteiger partial charge in [-0.05, 0) is 18.2 Å². The molecule has 118 valence electrons. The van der Waals surface area contributed by atoms with Crippen molar-refractivity contribution in [2.45, 2.75) is 6.42 Å². The summed E-state index contributed by atoms with van der Waals surface area (Å²) < 4.78 is 0. The summed E-state index contributed by atoms with van der Waals surface area (Å²) in [7, 11) is 0. The summed E-state index contributed by atoms with van der Waals surface area (Å²) in [6.07, 6.45) is 3.26. The Bertz CT molecular complexity index is 836. The van der Waals surface area contributed by atoms with Crippen molar-refractivity contribution in [3.8, 4) is 0 Å². The third-order valence-electron chi connectivity index (χ3n) is 3.66. The van der Waals surface area contributed by atoms with Crippen LogP contribution in [0.2, 0.25) is 0 Å². The van der Waals surface area contributed by atoms with Crippen LogP contribution in [0.15, 0.2) is 89.7 Å². The summed E-state index contributed by atoms with van der Waals surface area (Å²) in [6, 6.07) is 18.0. The normalized spacial score (nSPS) is 13.6. The summed E-state index contributed by atoms with van der Waals surface area (Å²) >= 11 is 0. The first-order chi connectivity index (χ1) is 11.6. The number of ketones is 1. The fourth-order valence-electron chi connectivity index (χ4n) is 2.40. The number of allylic oxidation sites excluding steroid dienone is 2. The van der Waals surface area contributed by atoms with Crippen molar-refractivity contribution >= 4 is 18.0 Å². The second-order valence-electron chi connectivity index (χ2n) is 5.38. The fraction of sp³-hybridized carbons (Fsp3) is 0.0500. The van der Waals surface area contributed by atoms with Gasteiger partial charge in [0.05, 0.1) is 12.1 Å². The molecule has 24 heavy (non-hydrogen) atoms. The average molecular weight is 316 g/mol. The molecule has 0 unspecified atom stereocenters. The lowest BCUT2D eigenvalue weighted by molar-refractivity contribution is 0.0884. The highest BCUT2D eigenvalue weighted by molar-refractivity contribution is 6.03. The highest BCUT2D eigenvalue weighted by atomic mass is 16.2. The van der Waals surface area contributed by atoms with Gasteiger partial charge < -0.3 is 0 Å². The van der Waals surface area contributed by atoms with Crippen molar-refractivity contribution in [3.05, 3.63) is 95.8 Å². The number of carbonyl (C=O) groups is 2. The fourth-order valence-corrected chi connectivity index (χ4v) is 2.40. The molecule has 0 radical (unpaired) electrons. The van der Waals surface area contributed by atoms with Crippen LogP contribution in [0.1, 0.15) is 27.1 Å². The van der Waals surface area contributed by atoms with E-state index in [0.717, 1.165) is 0 Å². The van der Waals surface area contributed by atoms with Crippen LogP contribution in [0.3, 0.4) is 0 Å². The molecule has 1 aliphatic heterocycles. The standard InChI is InChI=1S/C20H16N2O2/c1-15-12-18(13-19(23)16-8-4-2-5-9-16)21-14-22(15)20(24)17-10-6-3-7-11-17/h2-12,14H,1,13H2. The van der Waals surface area contributed by atoms with Crippen molar-refractivity contribution in [2.75, 3.05) is 0 Å². The molecule has 3 rings (SSSR count). The minimum Gasteiger partial charge on any atom is -0.294 e. The number of hydrogen-bond donors (Lipinski definition) is 0. The molecule has 0 fully saturated rings. The first kappa shape index (κ1) is 15.6. The van der Waals surface area contributed by atoms with E-state index in [1.807, 2.05) is 24.3 Å². The zero-order valence-electron chi connectivity index (χ0n) is 13.1. The number of amides is 1. The van der Waals surface area contributed by atoms with Crippen molar-refractivity contribution in [1.29, 1.82) is 0 Å². The molecule has 0 spiro atoms. The number of hydrogen-bond acceptors (Lipinski definition) is 3. The molecule has 0 saturated heterocycles. The van der Waals surface area contributed by atoms with Crippen LogP contribution in [-0.4, -0.2) is 22.9 Å². The van der Waals surface area contributed by atoms with E-state index in [1.165, 1.54) is 11.2 Å². The van der Waals surface area contributed by atoms with Crippen LogP contribution in [0.5, 0.6) is 0 Å². The average Bonchev–Trinajstić information content (AvgIpc) is 2.63. The molecule has 0 atom stereocenters. The van der Waals surface area contributed by atoms with Crippen molar-refractivity contribution in [3.63, 3.8) is 0 Å². The van der Waals surface area contributed by atoms with Gasteiger partial charge >= 0.3 is 0 Å². The molecule has 4 nitrogen and oxygen atoms in total. The maximum absolute atomic E-state index is 12.4. The second kappa shape index (κ2) is 6.87. The number of aliphatic imine (C=N–C) groups is 1. The molecule has 0 bridgehead atoms. The Morgan fingerprint density at radius 3 is 2.08 bits per heavy atom. The van der Waals surface area contributed by atoms with Crippen LogP contribution >= 0.6 is 0 Å². The Balaban J connectivity index is 1.70. The number of carbonyl (C=O) groups excluding carboxylic acids is 2. The minimum absolute atomic E-state index is 0.0189. The SMILES string of the molecule is C=C1C=C(CC(=O)c2ccccc2)N=CN1C(=O)c1ccccc1. The van der Waals surface area contributed by atoms with Gasteiger partial charge in [0.25, 0.3) is 5.91 Å². The molecule has 2 aromatic rings. The summed E-state index contributed by atoms with van der Waals surface area (Å²) in [5, 5.41) is 0. The predicted octanol–water partition coefficient (Wildman–Crippen LogP) is 3.84. The van der Waals surface area contributed by atoms with E-state index in [1.54, 1.807) is 42.5 Å². The van der Waals surface area contributed by atoms with Gasteiger partial charge in [-0.2, -0.15) is 0 Å². The van der Waals surface area contributed by atoms with Gasteiger partial charge in [0.1, 0.15) is 6.34 Å². The summed E-state index contributed by atoms with van der Waals surface area (Å²) in [5.74, 6) is -0.219. The van der Waals surface area contributed by atoms with Gasteiger partial charge in [0.2, 0.25) is 0 Å². The van der Waals surface area contributed by atoms with Crippen LogP contribution in [0.4, 0.5) is 0 Å². The van der Waals surface area contributed by atoms with E-state index in [2.05, 4.69) is 11.6 Å². The van der Waals surface area contributed by atoms with E-state index < -0.39 is 0 Å². The lowest BCUT2D eigenvalue weighted by Crippen LogP contribution is -2.29. The highest BCUT2D eigenvalue weighted by Gasteiger charge is 2.20. The summed E-state index contributed by atoms with van der Waals surface area (Å²) in [6.45, 7) is 3.90. The molecule has 0 aromatic heterocycles. The maximum atomic E-state index is 12.4. The molecule has 2 aromatic carbocycles. The minimum atomic E-state index is -0.200. The molecule has 1 aliphatic rings.